The van der Waals surface area contributed by atoms with E-state index in [-0.39, 0.29) is 6.10 Å². The van der Waals surface area contributed by atoms with Crippen molar-refractivity contribution in [2.75, 3.05) is 6.61 Å². The van der Waals surface area contributed by atoms with Crippen molar-refractivity contribution >= 4 is 0 Å². The molecule has 0 heterocycles. The van der Waals surface area contributed by atoms with Crippen LogP contribution in [-0.2, 0) is 9.78 Å². The molecule has 0 rings (SSSR count). The molecule has 0 bridgehead atoms. The maximum Gasteiger partial charge on any atom is 0.0873 e. The van der Waals surface area contributed by atoms with Gasteiger partial charge in [-0.05, 0) is 20.3 Å². The average Bonchev–Trinajstić information content (AvgIpc) is 1.87. The molecule has 10 heavy (non-hydrogen) atoms. The Kier molecular flexibility index (Phi) is 6.98. The Morgan fingerprint density at radius 2 is 1.90 bits per heavy atom. The molecule has 0 N–H and O–H groups in total. The molecule has 0 radical (unpaired) electrons. The van der Waals surface area contributed by atoms with Crippen molar-refractivity contribution in [3.63, 3.8) is 0 Å². The third kappa shape index (κ3) is 7.92. The maximum absolute atomic E-state index is 4.90. The zero-order valence-corrected chi connectivity index (χ0v) is 7.22. The first kappa shape index (κ1) is 9.92. The fourth-order valence-corrected chi connectivity index (χ4v) is 0.595. The molecule has 2 heteroatoms. The van der Waals surface area contributed by atoms with Crippen molar-refractivity contribution < 1.29 is 9.78 Å². The van der Waals surface area contributed by atoms with Gasteiger partial charge < -0.3 is 0 Å². The highest BCUT2D eigenvalue weighted by molar-refractivity contribution is 4.33. The van der Waals surface area contributed by atoms with Crippen LogP contribution in [0.1, 0.15) is 40.0 Å². The van der Waals surface area contributed by atoms with E-state index in [4.69, 9.17) is 9.78 Å². The first-order valence-corrected chi connectivity index (χ1v) is 4.05. The topological polar surface area (TPSA) is 18.5 Å². The highest BCUT2D eigenvalue weighted by atomic mass is 17.2. The summed E-state index contributed by atoms with van der Waals surface area (Å²) in [5.74, 6) is 0. The van der Waals surface area contributed by atoms with Crippen LogP contribution in [0.3, 0.4) is 0 Å². The van der Waals surface area contributed by atoms with E-state index < -0.39 is 0 Å². The van der Waals surface area contributed by atoms with E-state index >= 15 is 0 Å². The molecule has 0 amide bonds. The first-order valence-electron chi connectivity index (χ1n) is 4.05. The van der Waals surface area contributed by atoms with Crippen molar-refractivity contribution in [2.24, 2.45) is 0 Å². The van der Waals surface area contributed by atoms with Crippen LogP contribution >= 0.6 is 0 Å². The fraction of sp³-hybridized carbons (Fsp3) is 1.00. The van der Waals surface area contributed by atoms with Gasteiger partial charge in [0, 0.05) is 0 Å². The summed E-state index contributed by atoms with van der Waals surface area (Å²) in [4.78, 5) is 9.79. The number of rotatable bonds is 6. The van der Waals surface area contributed by atoms with Crippen molar-refractivity contribution in [1.29, 1.82) is 0 Å². The minimum Gasteiger partial charge on any atom is -0.236 e. The largest absolute Gasteiger partial charge is 0.236 e. The van der Waals surface area contributed by atoms with Gasteiger partial charge in [-0.15, -0.1) is 0 Å². The summed E-state index contributed by atoms with van der Waals surface area (Å²) in [6.07, 6.45) is 3.73. The van der Waals surface area contributed by atoms with Gasteiger partial charge in [0.2, 0.25) is 0 Å². The molecule has 0 spiro atoms. The summed E-state index contributed by atoms with van der Waals surface area (Å²) in [5.41, 5.74) is 0. The summed E-state index contributed by atoms with van der Waals surface area (Å²) in [6, 6.07) is 0. The van der Waals surface area contributed by atoms with E-state index in [9.17, 15) is 0 Å². The van der Waals surface area contributed by atoms with Crippen molar-refractivity contribution in [3.05, 3.63) is 0 Å². The molecule has 0 atom stereocenters. The van der Waals surface area contributed by atoms with Crippen LogP contribution in [0.15, 0.2) is 0 Å². The van der Waals surface area contributed by atoms with E-state index in [1.54, 1.807) is 0 Å². The third-order valence-corrected chi connectivity index (χ3v) is 1.09. The summed E-state index contributed by atoms with van der Waals surface area (Å²) >= 11 is 0. The van der Waals surface area contributed by atoms with Gasteiger partial charge in [0.05, 0.1) is 12.7 Å². The summed E-state index contributed by atoms with van der Waals surface area (Å²) < 4.78 is 0. The SMILES string of the molecule is CCCCCOOC(C)C. The molecular weight excluding hydrogens is 128 g/mol. The van der Waals surface area contributed by atoms with Crippen LogP contribution in [0, 0.1) is 0 Å². The standard InChI is InChI=1S/C8H18O2/c1-4-5-6-7-9-10-8(2)3/h8H,4-7H2,1-3H3. The summed E-state index contributed by atoms with van der Waals surface area (Å²) in [7, 11) is 0. The van der Waals surface area contributed by atoms with Crippen molar-refractivity contribution in [2.45, 2.75) is 46.1 Å². The maximum atomic E-state index is 4.90. The van der Waals surface area contributed by atoms with Crippen LogP contribution in [-0.4, -0.2) is 12.7 Å². The first-order chi connectivity index (χ1) is 4.77. The molecule has 0 saturated carbocycles. The van der Waals surface area contributed by atoms with E-state index in [0.29, 0.717) is 0 Å². The Morgan fingerprint density at radius 3 is 2.40 bits per heavy atom. The monoisotopic (exact) mass is 146 g/mol. The van der Waals surface area contributed by atoms with E-state index in [1.165, 1.54) is 12.8 Å². The van der Waals surface area contributed by atoms with Gasteiger partial charge in [0.1, 0.15) is 0 Å². The van der Waals surface area contributed by atoms with Gasteiger partial charge in [-0.25, -0.2) is 9.78 Å². The minimum atomic E-state index is 0.182. The minimum absolute atomic E-state index is 0.182. The van der Waals surface area contributed by atoms with Gasteiger partial charge >= 0.3 is 0 Å². The van der Waals surface area contributed by atoms with Crippen LogP contribution in [0.5, 0.6) is 0 Å². The van der Waals surface area contributed by atoms with Gasteiger partial charge in [0.15, 0.2) is 0 Å². The fourth-order valence-electron chi connectivity index (χ4n) is 0.595. The van der Waals surface area contributed by atoms with E-state index in [2.05, 4.69) is 6.92 Å². The summed E-state index contributed by atoms with van der Waals surface area (Å²) in [5, 5.41) is 0. The van der Waals surface area contributed by atoms with Gasteiger partial charge in [0.25, 0.3) is 0 Å². The van der Waals surface area contributed by atoms with Gasteiger partial charge in [-0.1, -0.05) is 19.8 Å². The molecule has 0 aromatic heterocycles. The van der Waals surface area contributed by atoms with Crippen LogP contribution < -0.4 is 0 Å². The van der Waals surface area contributed by atoms with Crippen LogP contribution in [0.4, 0.5) is 0 Å². The van der Waals surface area contributed by atoms with Gasteiger partial charge in [-0.2, -0.15) is 0 Å². The lowest BCUT2D eigenvalue weighted by Crippen LogP contribution is -2.04. The molecule has 0 aliphatic heterocycles. The molecule has 0 aliphatic rings. The second-order valence-electron chi connectivity index (χ2n) is 2.67. The Bertz CT molecular complexity index is 62.3. The number of unbranched alkanes of at least 4 members (excludes halogenated alkanes) is 2. The van der Waals surface area contributed by atoms with Crippen LogP contribution in [0.2, 0.25) is 0 Å². The van der Waals surface area contributed by atoms with Crippen molar-refractivity contribution in [3.8, 4) is 0 Å². The lowest BCUT2D eigenvalue weighted by Gasteiger charge is -2.05. The van der Waals surface area contributed by atoms with Crippen molar-refractivity contribution in [1.82, 2.24) is 0 Å². The molecule has 0 saturated heterocycles. The second kappa shape index (κ2) is 7.03. The lowest BCUT2D eigenvalue weighted by atomic mass is 10.3. The Balaban J connectivity index is 2.77. The zero-order valence-electron chi connectivity index (χ0n) is 7.22. The molecule has 0 unspecified atom stereocenters. The smallest absolute Gasteiger partial charge is 0.0873 e. The molecule has 0 aromatic carbocycles. The summed E-state index contributed by atoms with van der Waals surface area (Å²) in [6.45, 7) is 6.81. The predicted octanol–water partition coefficient (Wildman–Crippen LogP) is 2.53. The number of hydrogen-bond acceptors (Lipinski definition) is 2. The Hall–Kier alpha value is -0.0800. The third-order valence-electron chi connectivity index (χ3n) is 1.09. The predicted molar refractivity (Wildman–Crippen MR) is 41.7 cm³/mol. The van der Waals surface area contributed by atoms with E-state index in [0.717, 1.165) is 13.0 Å². The molecular formula is C8H18O2. The Labute approximate surface area is 63.5 Å². The average molecular weight is 146 g/mol. The van der Waals surface area contributed by atoms with E-state index in [1.807, 2.05) is 13.8 Å². The second-order valence-corrected chi connectivity index (χ2v) is 2.67. The normalized spacial score (nSPS) is 10.8. The quantitative estimate of drug-likeness (QED) is 0.325. The molecule has 62 valence electrons. The molecule has 0 aromatic rings. The van der Waals surface area contributed by atoms with Crippen LogP contribution in [0.25, 0.3) is 0 Å². The Morgan fingerprint density at radius 1 is 1.20 bits per heavy atom. The molecule has 0 fully saturated rings. The van der Waals surface area contributed by atoms with Gasteiger partial charge in [-0.3, -0.25) is 0 Å². The number of hydrogen-bond donors (Lipinski definition) is 0. The lowest BCUT2D eigenvalue weighted by molar-refractivity contribution is -0.317. The highest BCUT2D eigenvalue weighted by Crippen LogP contribution is 1.96. The zero-order chi connectivity index (χ0) is 7.82. The highest BCUT2D eigenvalue weighted by Gasteiger charge is 1.92. The molecule has 0 aliphatic carbocycles. The molecule has 2 nitrogen and oxygen atoms in total.